The fraction of sp³-hybridized carbons (Fsp3) is 0.250. The third-order valence-electron chi connectivity index (χ3n) is 3.49. The first kappa shape index (κ1) is 15.1. The fourth-order valence-corrected chi connectivity index (χ4v) is 4.47. The summed E-state index contributed by atoms with van der Waals surface area (Å²) in [5.41, 5.74) is 0.921. The summed E-state index contributed by atoms with van der Waals surface area (Å²) in [6.45, 7) is 4.05. The zero-order valence-corrected chi connectivity index (χ0v) is 13.9. The predicted octanol–water partition coefficient (Wildman–Crippen LogP) is 3.85. The van der Waals surface area contributed by atoms with E-state index in [2.05, 4.69) is 0 Å². The number of rotatable bonds is 3. The van der Waals surface area contributed by atoms with Gasteiger partial charge < -0.3 is 9.62 Å². The summed E-state index contributed by atoms with van der Waals surface area (Å²) in [6, 6.07) is 13.3. The molecule has 0 spiro atoms. The van der Waals surface area contributed by atoms with Crippen LogP contribution in [0.2, 0.25) is 0 Å². The summed E-state index contributed by atoms with van der Waals surface area (Å²) in [4.78, 5) is 1.91. The first-order valence-electron chi connectivity index (χ1n) is 6.90. The van der Waals surface area contributed by atoms with E-state index >= 15 is 0 Å². The molecule has 2 aromatic rings. The van der Waals surface area contributed by atoms with Crippen LogP contribution in [0.3, 0.4) is 0 Å². The number of thioether (sulfide) groups is 1. The van der Waals surface area contributed by atoms with E-state index in [0.717, 1.165) is 10.4 Å². The lowest BCUT2D eigenvalue weighted by Crippen LogP contribution is -2.48. The zero-order valence-electron chi connectivity index (χ0n) is 12.3. The molecule has 0 N–H and O–H groups in total. The van der Waals surface area contributed by atoms with Crippen LogP contribution in [0.4, 0.5) is 5.69 Å². The van der Waals surface area contributed by atoms with Crippen LogP contribution in [0, 0.1) is 5.21 Å². The normalized spacial score (nSPS) is 21.4. The molecule has 4 nitrogen and oxygen atoms in total. The van der Waals surface area contributed by atoms with Gasteiger partial charge in [0.2, 0.25) is 6.21 Å². The molecular formula is C16H16N2O2S2. The molecule has 1 aromatic heterocycles. The van der Waals surface area contributed by atoms with Crippen molar-refractivity contribution in [2.24, 2.45) is 0 Å². The molecule has 0 bridgehead atoms. The second-order valence-corrected chi connectivity index (χ2v) is 7.84. The van der Waals surface area contributed by atoms with Crippen LogP contribution in [0.1, 0.15) is 19.6 Å². The van der Waals surface area contributed by atoms with Gasteiger partial charge in [0.15, 0.2) is 5.76 Å². The maximum Gasteiger partial charge on any atom is 0.258 e. The molecule has 1 atom stereocenters. The molecule has 6 heteroatoms. The summed E-state index contributed by atoms with van der Waals surface area (Å²) < 4.78 is 6.54. The summed E-state index contributed by atoms with van der Waals surface area (Å²) >= 11 is 7.04. The highest BCUT2D eigenvalue weighted by Gasteiger charge is 2.51. The average molecular weight is 332 g/mol. The molecule has 1 aromatic carbocycles. The maximum atomic E-state index is 12.7. The van der Waals surface area contributed by atoms with E-state index in [-0.39, 0.29) is 4.75 Å². The number of thiocarbonyl (C=S) groups is 1. The number of hydroxylamine groups is 1. The van der Waals surface area contributed by atoms with Crippen LogP contribution >= 0.6 is 24.0 Å². The summed E-state index contributed by atoms with van der Waals surface area (Å²) in [5, 5.41) is 12.7. The standard InChI is InChI=1S/C16H16N2O2S2/c1-16(2)14(17(19)11-13-9-6-10-20-13)18(15(21)22-16)12-7-4-3-5-8-12/h3-11,14H,1-2H3/b17-11+/t14-/m1/s1. The SMILES string of the molecule is CC1(C)SC(=S)N(c2ccccc2)[C@H]1/[N+]([O-])=C\c1ccco1. The molecule has 1 aliphatic rings. The number of hydrogen-bond acceptors (Lipinski definition) is 4. The molecule has 1 fully saturated rings. The first-order chi connectivity index (χ1) is 10.5. The lowest BCUT2D eigenvalue weighted by atomic mass is 10.1. The van der Waals surface area contributed by atoms with E-state index < -0.39 is 6.17 Å². The van der Waals surface area contributed by atoms with Crippen LogP contribution in [-0.2, 0) is 0 Å². The Morgan fingerprint density at radius 2 is 2.00 bits per heavy atom. The van der Waals surface area contributed by atoms with Crippen molar-refractivity contribution in [1.29, 1.82) is 0 Å². The molecule has 0 radical (unpaired) electrons. The molecule has 0 unspecified atom stereocenters. The van der Waals surface area contributed by atoms with Crippen LogP contribution in [0.5, 0.6) is 0 Å². The van der Waals surface area contributed by atoms with Gasteiger partial charge in [-0.1, -0.05) is 42.2 Å². The minimum absolute atomic E-state index is 0.336. The number of anilines is 1. The van der Waals surface area contributed by atoms with Crippen LogP contribution in [0.25, 0.3) is 0 Å². The Morgan fingerprint density at radius 1 is 1.27 bits per heavy atom. The van der Waals surface area contributed by atoms with Crippen molar-refractivity contribution in [1.82, 2.24) is 0 Å². The number of nitrogens with zero attached hydrogens (tertiary/aromatic N) is 2. The Balaban J connectivity index is 2.03. The van der Waals surface area contributed by atoms with Crippen molar-refractivity contribution in [3.8, 4) is 0 Å². The molecular weight excluding hydrogens is 316 g/mol. The van der Waals surface area contributed by atoms with Crippen molar-refractivity contribution in [3.63, 3.8) is 0 Å². The highest BCUT2D eigenvalue weighted by Crippen LogP contribution is 2.43. The topological polar surface area (TPSA) is 42.5 Å². The smallest absolute Gasteiger partial charge is 0.258 e. The number of hydrogen-bond donors (Lipinski definition) is 0. The van der Waals surface area contributed by atoms with Gasteiger partial charge in [0.25, 0.3) is 6.17 Å². The van der Waals surface area contributed by atoms with Gasteiger partial charge in [0.1, 0.15) is 9.07 Å². The van der Waals surface area contributed by atoms with Crippen molar-refractivity contribution in [2.45, 2.75) is 24.8 Å². The highest BCUT2D eigenvalue weighted by molar-refractivity contribution is 8.24. The van der Waals surface area contributed by atoms with Crippen LogP contribution < -0.4 is 4.90 Å². The number of benzene rings is 1. The van der Waals surface area contributed by atoms with Crippen LogP contribution in [-0.4, -0.2) is 26.2 Å². The number of furan rings is 1. The van der Waals surface area contributed by atoms with Gasteiger partial charge in [0.05, 0.1) is 6.26 Å². The van der Waals surface area contributed by atoms with Gasteiger partial charge in [0, 0.05) is 5.69 Å². The summed E-state index contributed by atoms with van der Waals surface area (Å²) in [7, 11) is 0. The lowest BCUT2D eigenvalue weighted by Gasteiger charge is -2.29. The van der Waals surface area contributed by atoms with E-state index in [4.69, 9.17) is 16.6 Å². The Morgan fingerprint density at radius 3 is 2.64 bits per heavy atom. The van der Waals surface area contributed by atoms with Gasteiger partial charge in [-0.15, -0.1) is 0 Å². The van der Waals surface area contributed by atoms with Crippen molar-refractivity contribution in [2.75, 3.05) is 4.90 Å². The third kappa shape index (κ3) is 2.76. The van der Waals surface area contributed by atoms with Crippen molar-refractivity contribution >= 4 is 40.2 Å². The monoisotopic (exact) mass is 332 g/mol. The third-order valence-corrected chi connectivity index (χ3v) is 5.04. The lowest BCUT2D eigenvalue weighted by molar-refractivity contribution is -0.497. The largest absolute Gasteiger partial charge is 0.622 e. The van der Waals surface area contributed by atoms with E-state index in [1.165, 1.54) is 18.0 Å². The van der Waals surface area contributed by atoms with E-state index in [1.807, 2.05) is 49.1 Å². The zero-order chi connectivity index (χ0) is 15.7. The van der Waals surface area contributed by atoms with E-state index in [9.17, 15) is 5.21 Å². The second-order valence-electron chi connectivity index (χ2n) is 5.56. The maximum absolute atomic E-state index is 12.7. The molecule has 3 rings (SSSR count). The molecule has 1 saturated heterocycles. The first-order valence-corrected chi connectivity index (χ1v) is 8.12. The molecule has 0 aliphatic carbocycles. The van der Waals surface area contributed by atoms with E-state index in [1.54, 1.807) is 18.4 Å². The van der Waals surface area contributed by atoms with Gasteiger partial charge in [-0.3, -0.25) is 4.90 Å². The molecule has 2 heterocycles. The molecule has 0 amide bonds. The molecule has 0 saturated carbocycles. The van der Waals surface area contributed by atoms with Crippen molar-refractivity contribution < 1.29 is 9.16 Å². The minimum atomic E-state index is -0.433. The number of para-hydroxylation sites is 1. The van der Waals surface area contributed by atoms with Gasteiger partial charge in [-0.2, -0.15) is 4.74 Å². The minimum Gasteiger partial charge on any atom is -0.622 e. The van der Waals surface area contributed by atoms with Gasteiger partial charge in [-0.25, -0.2) is 0 Å². The highest BCUT2D eigenvalue weighted by atomic mass is 32.2. The van der Waals surface area contributed by atoms with Gasteiger partial charge in [-0.05, 0) is 38.1 Å². The Kier molecular flexibility index (Phi) is 3.97. The van der Waals surface area contributed by atoms with Crippen LogP contribution in [0.15, 0.2) is 53.1 Å². The Bertz CT molecular complexity index is 696. The summed E-state index contributed by atoms with van der Waals surface area (Å²) in [5.74, 6) is 0.529. The molecule has 1 aliphatic heterocycles. The summed E-state index contributed by atoms with van der Waals surface area (Å²) in [6.07, 6.45) is 2.59. The van der Waals surface area contributed by atoms with E-state index in [0.29, 0.717) is 10.1 Å². The van der Waals surface area contributed by atoms with Gasteiger partial charge >= 0.3 is 0 Å². The quantitative estimate of drug-likeness (QED) is 0.281. The van der Waals surface area contributed by atoms with Crippen molar-refractivity contribution in [3.05, 3.63) is 59.7 Å². The second kappa shape index (κ2) is 5.78. The Hall–Kier alpha value is -1.79. The molecule has 114 valence electrons. The fourth-order valence-electron chi connectivity index (χ4n) is 2.55. The predicted molar refractivity (Wildman–Crippen MR) is 94.5 cm³/mol. The Labute approximate surface area is 139 Å². The average Bonchev–Trinajstić information content (AvgIpc) is 3.04. The molecule has 22 heavy (non-hydrogen) atoms.